The highest BCUT2D eigenvalue weighted by Gasteiger charge is 2.30. The Kier molecular flexibility index (Phi) is 4.57. The zero-order valence-electron chi connectivity index (χ0n) is 8.50. The van der Waals surface area contributed by atoms with Crippen molar-refractivity contribution in [2.75, 3.05) is 6.61 Å². The van der Waals surface area contributed by atoms with E-state index >= 15 is 0 Å². The molecule has 0 aliphatic heterocycles. The Balaban J connectivity index is 2.71. The van der Waals surface area contributed by atoms with Gasteiger partial charge in [0.15, 0.2) is 0 Å². The van der Waals surface area contributed by atoms with Crippen LogP contribution in [0.4, 0.5) is 13.2 Å². The fourth-order valence-corrected chi connectivity index (χ4v) is 1.11. The van der Waals surface area contributed by atoms with Crippen molar-refractivity contribution in [3.63, 3.8) is 0 Å². The number of carbonyl (C=O) groups is 1. The van der Waals surface area contributed by atoms with Gasteiger partial charge in [-0.25, -0.2) is 4.79 Å². The van der Waals surface area contributed by atoms with Gasteiger partial charge in [-0.1, -0.05) is 11.6 Å². The minimum atomic E-state index is -4.41. The number of halogens is 4. The van der Waals surface area contributed by atoms with Gasteiger partial charge in [-0.2, -0.15) is 13.2 Å². The van der Waals surface area contributed by atoms with Gasteiger partial charge in [-0.15, -0.1) is 0 Å². The Morgan fingerprint density at radius 1 is 1.29 bits per heavy atom. The topological polar surface area (TPSA) is 26.3 Å². The Labute approximate surface area is 101 Å². The van der Waals surface area contributed by atoms with E-state index < -0.39 is 17.7 Å². The van der Waals surface area contributed by atoms with E-state index in [0.29, 0.717) is 0 Å². The van der Waals surface area contributed by atoms with Gasteiger partial charge in [-0.3, -0.25) is 0 Å². The van der Waals surface area contributed by atoms with Crippen molar-refractivity contribution in [3.8, 4) is 0 Å². The fraction of sp³-hybridized carbons (Fsp3) is 0.182. The van der Waals surface area contributed by atoms with Crippen LogP contribution in [0.2, 0.25) is 0 Å². The number of ether oxygens (including phenoxy) is 1. The van der Waals surface area contributed by atoms with Gasteiger partial charge in [0.2, 0.25) is 0 Å². The molecule has 1 rings (SSSR count). The molecule has 0 atom stereocenters. The van der Waals surface area contributed by atoms with Crippen molar-refractivity contribution in [1.82, 2.24) is 0 Å². The minimum absolute atomic E-state index is 0.0244. The molecule has 2 nitrogen and oxygen atoms in total. The quantitative estimate of drug-likeness (QED) is 0.780. The van der Waals surface area contributed by atoms with Gasteiger partial charge < -0.3 is 4.74 Å². The molecule has 0 saturated carbocycles. The van der Waals surface area contributed by atoms with E-state index in [1.807, 2.05) is 0 Å². The lowest BCUT2D eigenvalue weighted by Gasteiger charge is -2.07. The number of esters is 1. The number of alkyl halides is 3. The van der Waals surface area contributed by atoms with E-state index in [9.17, 15) is 18.0 Å². The number of benzene rings is 1. The number of hydrogen-bond donors (Lipinski definition) is 0. The molecule has 0 amide bonds. The predicted octanol–water partition coefficient (Wildman–Crippen LogP) is 3.61. The van der Waals surface area contributed by atoms with Gasteiger partial charge in [0, 0.05) is 5.54 Å². The van der Waals surface area contributed by atoms with Crippen LogP contribution in [0.15, 0.2) is 35.9 Å². The van der Waals surface area contributed by atoms with Crippen LogP contribution >= 0.6 is 11.6 Å². The summed E-state index contributed by atoms with van der Waals surface area (Å²) in [6.45, 7) is -0.0244. The molecule has 17 heavy (non-hydrogen) atoms. The van der Waals surface area contributed by atoms with E-state index in [1.54, 1.807) is 0 Å². The molecule has 0 radical (unpaired) electrons. The van der Waals surface area contributed by atoms with Crippen LogP contribution in [0.1, 0.15) is 15.9 Å². The fourth-order valence-electron chi connectivity index (χ4n) is 1.04. The standard InChI is InChI=1S/C11H8ClF3O2/c12-6-1-7-17-10(16)8-2-4-9(5-3-8)11(13,14)15/h1-6H,7H2/b6-1+. The largest absolute Gasteiger partial charge is 0.458 e. The maximum atomic E-state index is 12.2. The summed E-state index contributed by atoms with van der Waals surface area (Å²) >= 11 is 5.21. The smallest absolute Gasteiger partial charge is 0.416 e. The molecule has 0 fully saturated rings. The van der Waals surface area contributed by atoms with Gasteiger partial charge in [-0.05, 0) is 30.3 Å². The lowest BCUT2D eigenvalue weighted by atomic mass is 10.1. The molecule has 0 unspecified atom stereocenters. The van der Waals surface area contributed by atoms with Crippen LogP contribution in [0.25, 0.3) is 0 Å². The molecule has 0 heterocycles. The Bertz CT molecular complexity index is 410. The van der Waals surface area contributed by atoms with Gasteiger partial charge >= 0.3 is 12.1 Å². The number of rotatable bonds is 3. The monoisotopic (exact) mass is 264 g/mol. The van der Waals surface area contributed by atoms with Gasteiger partial charge in [0.05, 0.1) is 11.1 Å². The Morgan fingerprint density at radius 2 is 1.88 bits per heavy atom. The predicted molar refractivity (Wildman–Crippen MR) is 56.7 cm³/mol. The van der Waals surface area contributed by atoms with Crippen molar-refractivity contribution in [2.45, 2.75) is 6.18 Å². The van der Waals surface area contributed by atoms with E-state index in [2.05, 4.69) is 0 Å². The van der Waals surface area contributed by atoms with Crippen molar-refractivity contribution >= 4 is 17.6 Å². The van der Waals surface area contributed by atoms with Crippen LogP contribution < -0.4 is 0 Å². The third-order valence-corrected chi connectivity index (χ3v) is 2.03. The normalized spacial score (nSPS) is 11.8. The second-order valence-corrected chi connectivity index (χ2v) is 3.29. The lowest BCUT2D eigenvalue weighted by molar-refractivity contribution is -0.137. The molecule has 0 aromatic heterocycles. The maximum Gasteiger partial charge on any atom is 0.416 e. The third-order valence-electron chi connectivity index (χ3n) is 1.85. The third kappa shape index (κ3) is 4.11. The van der Waals surface area contributed by atoms with Crippen LogP contribution in [-0.2, 0) is 10.9 Å². The average molecular weight is 265 g/mol. The maximum absolute atomic E-state index is 12.2. The van der Waals surface area contributed by atoms with Crippen molar-refractivity contribution in [2.24, 2.45) is 0 Å². The summed E-state index contributed by atoms with van der Waals surface area (Å²) in [5, 5.41) is 0. The first-order valence-electron chi connectivity index (χ1n) is 4.55. The first-order chi connectivity index (χ1) is 7.95. The summed E-state index contributed by atoms with van der Waals surface area (Å²) in [6, 6.07) is 3.78. The van der Waals surface area contributed by atoms with Crippen molar-refractivity contribution in [3.05, 3.63) is 47.0 Å². The Hall–Kier alpha value is -1.49. The van der Waals surface area contributed by atoms with E-state index in [1.165, 1.54) is 11.6 Å². The molecule has 0 aliphatic carbocycles. The molecule has 6 heteroatoms. The van der Waals surface area contributed by atoms with Crippen molar-refractivity contribution < 1.29 is 22.7 Å². The van der Waals surface area contributed by atoms with Gasteiger partial charge in [0.1, 0.15) is 6.61 Å². The van der Waals surface area contributed by atoms with E-state index in [-0.39, 0.29) is 12.2 Å². The SMILES string of the molecule is O=C(OC/C=C/Cl)c1ccc(C(F)(F)F)cc1. The summed E-state index contributed by atoms with van der Waals surface area (Å²) in [5.41, 5.74) is 0.427. The molecule has 0 bridgehead atoms. The lowest BCUT2D eigenvalue weighted by Crippen LogP contribution is -2.08. The zero-order valence-corrected chi connectivity index (χ0v) is 9.26. The summed E-state index contributed by atoms with van der Waals surface area (Å²) in [7, 11) is 0. The molecule has 0 spiro atoms. The van der Waals surface area contributed by atoms with Crippen LogP contribution in [0.5, 0.6) is 0 Å². The Morgan fingerprint density at radius 3 is 2.35 bits per heavy atom. The van der Waals surface area contributed by atoms with E-state index in [4.69, 9.17) is 16.3 Å². The highest BCUT2D eigenvalue weighted by atomic mass is 35.5. The summed E-state index contributed by atoms with van der Waals surface area (Å²) in [4.78, 5) is 11.3. The first kappa shape index (κ1) is 13.6. The number of hydrogen-bond acceptors (Lipinski definition) is 2. The molecule has 0 aliphatic rings. The molecule has 0 saturated heterocycles. The molecule has 92 valence electrons. The highest BCUT2D eigenvalue weighted by Crippen LogP contribution is 2.29. The summed E-state index contributed by atoms with van der Waals surface area (Å²) in [6.07, 6.45) is -3.02. The van der Waals surface area contributed by atoms with E-state index in [0.717, 1.165) is 24.3 Å². The zero-order chi connectivity index (χ0) is 12.9. The second-order valence-electron chi connectivity index (χ2n) is 3.04. The highest BCUT2D eigenvalue weighted by molar-refractivity contribution is 6.25. The first-order valence-corrected chi connectivity index (χ1v) is 4.98. The number of carbonyl (C=O) groups excluding carboxylic acids is 1. The average Bonchev–Trinajstić information content (AvgIpc) is 2.28. The molecular formula is C11H8ClF3O2. The van der Waals surface area contributed by atoms with Crippen LogP contribution in [0.3, 0.4) is 0 Å². The van der Waals surface area contributed by atoms with Crippen LogP contribution in [-0.4, -0.2) is 12.6 Å². The molecule has 0 N–H and O–H groups in total. The summed E-state index contributed by atoms with van der Waals surface area (Å²) < 4.78 is 41.4. The molecular weight excluding hydrogens is 257 g/mol. The second kappa shape index (κ2) is 5.72. The van der Waals surface area contributed by atoms with Crippen molar-refractivity contribution in [1.29, 1.82) is 0 Å². The van der Waals surface area contributed by atoms with Crippen LogP contribution in [0, 0.1) is 0 Å². The molecule has 1 aromatic carbocycles. The van der Waals surface area contributed by atoms with Gasteiger partial charge in [0.25, 0.3) is 0 Å². The minimum Gasteiger partial charge on any atom is -0.458 e. The summed E-state index contributed by atoms with van der Waals surface area (Å²) in [5.74, 6) is -0.700. The molecule has 1 aromatic rings.